The molecule has 0 N–H and O–H groups in total. The first-order chi connectivity index (χ1) is 12.1. The van der Waals surface area contributed by atoms with Crippen molar-refractivity contribution in [1.82, 2.24) is 4.90 Å². The monoisotopic (exact) mass is 336 g/mol. The smallest absolute Gasteiger partial charge is 0.258 e. The van der Waals surface area contributed by atoms with E-state index in [2.05, 4.69) is 6.92 Å². The minimum absolute atomic E-state index is 0.0577. The zero-order valence-corrected chi connectivity index (χ0v) is 14.8. The van der Waals surface area contributed by atoms with Gasteiger partial charge in [0.1, 0.15) is 0 Å². The molecular weight excluding hydrogens is 312 g/mol. The maximum absolute atomic E-state index is 12.6. The number of carbonyl (C=O) groups is 2. The second kappa shape index (κ2) is 7.51. The van der Waals surface area contributed by atoms with Gasteiger partial charge in [-0.25, -0.2) is 0 Å². The molecule has 2 aromatic carbocycles. The molecule has 1 aliphatic heterocycles. The van der Waals surface area contributed by atoms with E-state index in [1.165, 1.54) is 0 Å². The minimum Gasteiger partial charge on any atom is -0.339 e. The molecule has 0 bridgehead atoms. The van der Waals surface area contributed by atoms with E-state index in [1.54, 1.807) is 36.2 Å². The number of likely N-dealkylation sites (tertiary alicyclic amines) is 1. The van der Waals surface area contributed by atoms with Crippen LogP contribution in [0.3, 0.4) is 0 Å². The van der Waals surface area contributed by atoms with Gasteiger partial charge >= 0.3 is 0 Å². The fraction of sp³-hybridized carbons (Fsp3) is 0.333. The van der Waals surface area contributed by atoms with Gasteiger partial charge in [0.2, 0.25) is 0 Å². The van der Waals surface area contributed by atoms with Gasteiger partial charge in [0, 0.05) is 37.0 Å². The topological polar surface area (TPSA) is 40.6 Å². The molecule has 1 aliphatic rings. The average Bonchev–Trinajstić information content (AvgIpc) is 2.67. The molecule has 0 spiro atoms. The molecule has 4 nitrogen and oxygen atoms in total. The van der Waals surface area contributed by atoms with Crippen LogP contribution in [0.1, 0.15) is 40.5 Å². The highest BCUT2D eigenvalue weighted by molar-refractivity contribution is 6.06. The van der Waals surface area contributed by atoms with Gasteiger partial charge in [0.25, 0.3) is 11.8 Å². The van der Waals surface area contributed by atoms with Gasteiger partial charge in [0.05, 0.1) is 0 Å². The normalized spacial score (nSPS) is 15.0. The van der Waals surface area contributed by atoms with Crippen molar-refractivity contribution >= 4 is 17.5 Å². The standard InChI is InChI=1S/C21H24N2O2/c1-16-12-14-23(15-13-16)21(25)18-10-8-17(9-11-18)20(24)22(2)19-6-4-3-5-7-19/h3-11,16H,12-15H2,1-2H3. The van der Waals surface area contributed by atoms with Crippen molar-refractivity contribution in [3.63, 3.8) is 0 Å². The number of nitrogens with zero attached hydrogens (tertiary/aromatic N) is 2. The van der Waals surface area contributed by atoms with Gasteiger partial charge < -0.3 is 9.80 Å². The van der Waals surface area contributed by atoms with Crippen molar-refractivity contribution in [2.24, 2.45) is 5.92 Å². The number of amides is 2. The highest BCUT2D eigenvalue weighted by Gasteiger charge is 2.22. The fourth-order valence-corrected chi connectivity index (χ4v) is 3.11. The van der Waals surface area contributed by atoms with Crippen LogP contribution < -0.4 is 4.90 Å². The Balaban J connectivity index is 1.69. The third-order valence-corrected chi connectivity index (χ3v) is 4.90. The van der Waals surface area contributed by atoms with Crippen molar-refractivity contribution in [3.8, 4) is 0 Å². The van der Waals surface area contributed by atoms with Crippen LogP contribution >= 0.6 is 0 Å². The SMILES string of the molecule is CC1CCN(C(=O)c2ccc(C(=O)N(C)c3ccccc3)cc2)CC1. The first kappa shape index (κ1) is 17.2. The lowest BCUT2D eigenvalue weighted by Gasteiger charge is -2.30. The molecule has 2 amide bonds. The van der Waals surface area contributed by atoms with E-state index < -0.39 is 0 Å². The zero-order chi connectivity index (χ0) is 17.8. The van der Waals surface area contributed by atoms with Crippen molar-refractivity contribution < 1.29 is 9.59 Å². The number of piperidine rings is 1. The lowest BCUT2D eigenvalue weighted by atomic mass is 9.98. The van der Waals surface area contributed by atoms with Crippen LogP contribution in [0.15, 0.2) is 54.6 Å². The highest BCUT2D eigenvalue weighted by atomic mass is 16.2. The van der Waals surface area contributed by atoms with Crippen LogP contribution in [0.2, 0.25) is 0 Å². The molecule has 2 aromatic rings. The third kappa shape index (κ3) is 3.90. The zero-order valence-electron chi connectivity index (χ0n) is 14.8. The number of benzene rings is 2. The van der Waals surface area contributed by atoms with Gasteiger partial charge in [-0.1, -0.05) is 25.1 Å². The van der Waals surface area contributed by atoms with Crippen molar-refractivity contribution in [2.45, 2.75) is 19.8 Å². The lowest BCUT2D eigenvalue weighted by Crippen LogP contribution is -2.37. The summed E-state index contributed by atoms with van der Waals surface area (Å²) in [4.78, 5) is 28.7. The Labute approximate surface area is 149 Å². The summed E-state index contributed by atoms with van der Waals surface area (Å²) in [5, 5.41) is 0. The summed E-state index contributed by atoms with van der Waals surface area (Å²) in [7, 11) is 1.76. The number of carbonyl (C=O) groups excluding carboxylic acids is 2. The van der Waals surface area contributed by atoms with Crippen LogP contribution in [-0.2, 0) is 0 Å². The summed E-state index contributed by atoms with van der Waals surface area (Å²) in [5.74, 6) is 0.664. The predicted octanol–water partition coefficient (Wildman–Crippen LogP) is 3.84. The summed E-state index contributed by atoms with van der Waals surface area (Å²) >= 11 is 0. The van der Waals surface area contributed by atoms with E-state index in [1.807, 2.05) is 35.2 Å². The van der Waals surface area contributed by atoms with E-state index in [-0.39, 0.29) is 11.8 Å². The molecule has 1 heterocycles. The quantitative estimate of drug-likeness (QED) is 0.854. The van der Waals surface area contributed by atoms with Crippen molar-refractivity contribution in [3.05, 3.63) is 65.7 Å². The van der Waals surface area contributed by atoms with Crippen LogP contribution in [0.25, 0.3) is 0 Å². The molecule has 1 fully saturated rings. The highest BCUT2D eigenvalue weighted by Crippen LogP contribution is 2.19. The van der Waals surface area contributed by atoms with Gasteiger partial charge in [-0.05, 0) is 55.2 Å². The Bertz CT molecular complexity index is 732. The molecule has 1 saturated heterocycles. The Morgan fingerprint density at radius 2 is 1.48 bits per heavy atom. The van der Waals surface area contributed by atoms with Gasteiger partial charge in [-0.3, -0.25) is 9.59 Å². The number of hydrogen-bond donors (Lipinski definition) is 0. The summed E-state index contributed by atoms with van der Waals surface area (Å²) in [6.45, 7) is 3.86. The van der Waals surface area contributed by atoms with E-state index in [0.717, 1.165) is 31.6 Å². The predicted molar refractivity (Wildman–Crippen MR) is 99.9 cm³/mol. The first-order valence-corrected chi connectivity index (χ1v) is 8.78. The molecule has 0 aliphatic carbocycles. The molecule has 130 valence electrons. The Morgan fingerprint density at radius 3 is 2.08 bits per heavy atom. The summed E-state index contributed by atoms with van der Waals surface area (Å²) in [6.07, 6.45) is 2.12. The van der Waals surface area contributed by atoms with Crippen LogP contribution in [0.4, 0.5) is 5.69 Å². The number of para-hydroxylation sites is 1. The Kier molecular flexibility index (Phi) is 5.17. The molecular formula is C21H24N2O2. The molecule has 3 rings (SSSR count). The second-order valence-corrected chi connectivity index (χ2v) is 6.75. The van der Waals surface area contributed by atoms with Gasteiger partial charge in [0.15, 0.2) is 0 Å². The summed E-state index contributed by atoms with van der Waals surface area (Å²) in [6, 6.07) is 16.5. The maximum atomic E-state index is 12.6. The molecule has 0 atom stereocenters. The van der Waals surface area contributed by atoms with E-state index in [9.17, 15) is 9.59 Å². The number of hydrogen-bond acceptors (Lipinski definition) is 2. The maximum Gasteiger partial charge on any atom is 0.258 e. The second-order valence-electron chi connectivity index (χ2n) is 6.75. The summed E-state index contributed by atoms with van der Waals surface area (Å²) < 4.78 is 0. The van der Waals surface area contributed by atoms with E-state index >= 15 is 0 Å². The number of rotatable bonds is 3. The van der Waals surface area contributed by atoms with Gasteiger partial charge in [-0.2, -0.15) is 0 Å². The van der Waals surface area contributed by atoms with E-state index in [0.29, 0.717) is 17.0 Å². The lowest BCUT2D eigenvalue weighted by molar-refractivity contribution is 0.0697. The van der Waals surface area contributed by atoms with Crippen LogP contribution in [-0.4, -0.2) is 36.9 Å². The van der Waals surface area contributed by atoms with Crippen LogP contribution in [0, 0.1) is 5.92 Å². The minimum atomic E-state index is -0.0861. The molecule has 25 heavy (non-hydrogen) atoms. The largest absolute Gasteiger partial charge is 0.339 e. The molecule has 0 saturated carbocycles. The Morgan fingerprint density at radius 1 is 0.920 bits per heavy atom. The average molecular weight is 336 g/mol. The first-order valence-electron chi connectivity index (χ1n) is 8.78. The van der Waals surface area contributed by atoms with Crippen molar-refractivity contribution in [1.29, 1.82) is 0 Å². The van der Waals surface area contributed by atoms with Crippen LogP contribution in [0.5, 0.6) is 0 Å². The molecule has 0 aromatic heterocycles. The fourth-order valence-electron chi connectivity index (χ4n) is 3.11. The summed E-state index contributed by atoms with van der Waals surface area (Å²) in [5.41, 5.74) is 2.07. The van der Waals surface area contributed by atoms with Gasteiger partial charge in [-0.15, -0.1) is 0 Å². The van der Waals surface area contributed by atoms with E-state index in [4.69, 9.17) is 0 Å². The number of anilines is 1. The third-order valence-electron chi connectivity index (χ3n) is 4.90. The van der Waals surface area contributed by atoms with Crippen molar-refractivity contribution in [2.75, 3.05) is 25.0 Å². The molecule has 4 heteroatoms. The Hall–Kier alpha value is -2.62. The molecule has 0 unspecified atom stereocenters. The molecule has 0 radical (unpaired) electrons.